The summed E-state index contributed by atoms with van der Waals surface area (Å²) in [5.74, 6) is -1.70. The van der Waals surface area contributed by atoms with Crippen molar-refractivity contribution in [2.75, 3.05) is 31.0 Å². The molecule has 1 fully saturated rings. The molecule has 2 heterocycles. The van der Waals surface area contributed by atoms with Gasteiger partial charge in [-0.05, 0) is 66.9 Å². The quantitative estimate of drug-likeness (QED) is 0.180. The smallest absolute Gasteiger partial charge is 0.301 e. The summed E-state index contributed by atoms with van der Waals surface area (Å²) in [6.45, 7) is 3.80. The summed E-state index contributed by atoms with van der Waals surface area (Å²) in [6, 6.07) is 15.8. The monoisotopic (exact) mass is 547 g/mol. The van der Waals surface area contributed by atoms with E-state index in [4.69, 9.17) is 16.3 Å². The minimum Gasteiger partial charge on any atom is -0.507 e. The second-order valence-corrected chi connectivity index (χ2v) is 10.9. The number of carbonyl (C=O) groups is 2. The Balaban J connectivity index is 1.76. The third kappa shape index (κ3) is 4.29. The Bertz CT molecular complexity index is 1630. The lowest BCUT2D eigenvalue weighted by atomic mass is 9.94. The van der Waals surface area contributed by atoms with Crippen LogP contribution in [0.4, 0.5) is 10.8 Å². The molecular formula is C29H26ClN3O4S. The SMILES string of the molecule is COc1c(Cl)cc(C)cc1/C(O)=C1\C(=O)C(=O)N(c2nc3ccc(C)cc3s2)C1c1ccc(N(C)C)cc1. The Kier molecular flexibility index (Phi) is 6.63. The van der Waals surface area contributed by atoms with Crippen LogP contribution in [0.2, 0.25) is 5.02 Å². The van der Waals surface area contributed by atoms with Crippen molar-refractivity contribution in [2.24, 2.45) is 0 Å². The van der Waals surface area contributed by atoms with Gasteiger partial charge in [-0.1, -0.05) is 41.1 Å². The van der Waals surface area contributed by atoms with Crippen molar-refractivity contribution >= 4 is 61.4 Å². The molecule has 7 nitrogen and oxygen atoms in total. The fourth-order valence-corrected chi connectivity index (χ4v) is 6.12. The number of amides is 1. The Morgan fingerprint density at radius 1 is 1.05 bits per heavy atom. The number of rotatable bonds is 5. The van der Waals surface area contributed by atoms with Crippen molar-refractivity contribution in [3.8, 4) is 5.75 Å². The molecule has 1 N–H and O–H groups in total. The van der Waals surface area contributed by atoms with Crippen molar-refractivity contribution in [2.45, 2.75) is 19.9 Å². The number of carbonyl (C=O) groups excluding carboxylic acids is 2. The predicted molar refractivity (Wildman–Crippen MR) is 153 cm³/mol. The number of Topliss-reactive ketones (excluding diaryl/α,β-unsaturated/α-hetero) is 1. The molecule has 0 saturated carbocycles. The van der Waals surface area contributed by atoms with Gasteiger partial charge in [-0.3, -0.25) is 14.5 Å². The molecule has 194 valence electrons. The number of methoxy groups -OCH3 is 1. The maximum atomic E-state index is 13.6. The van der Waals surface area contributed by atoms with Crippen LogP contribution in [-0.2, 0) is 9.59 Å². The van der Waals surface area contributed by atoms with E-state index in [9.17, 15) is 14.7 Å². The van der Waals surface area contributed by atoms with Crippen LogP contribution in [0.1, 0.15) is 28.3 Å². The summed E-state index contributed by atoms with van der Waals surface area (Å²) in [7, 11) is 5.29. The molecule has 1 aliphatic heterocycles. The summed E-state index contributed by atoms with van der Waals surface area (Å²) < 4.78 is 6.37. The van der Waals surface area contributed by atoms with Crippen molar-refractivity contribution in [1.82, 2.24) is 4.98 Å². The summed E-state index contributed by atoms with van der Waals surface area (Å²) in [5, 5.41) is 12.3. The number of aryl methyl sites for hydroxylation is 2. The van der Waals surface area contributed by atoms with E-state index in [0.717, 1.165) is 27.0 Å². The van der Waals surface area contributed by atoms with Gasteiger partial charge in [-0.2, -0.15) is 0 Å². The highest BCUT2D eigenvalue weighted by Crippen LogP contribution is 2.46. The first kappa shape index (κ1) is 25.8. The van der Waals surface area contributed by atoms with E-state index >= 15 is 0 Å². The number of aromatic nitrogens is 1. The number of hydrogen-bond acceptors (Lipinski definition) is 7. The highest BCUT2D eigenvalue weighted by atomic mass is 35.5. The number of ether oxygens (including phenoxy) is 1. The molecule has 1 unspecified atom stereocenters. The van der Waals surface area contributed by atoms with Gasteiger partial charge < -0.3 is 14.7 Å². The zero-order valence-corrected chi connectivity index (χ0v) is 23.1. The molecule has 3 aromatic carbocycles. The minimum atomic E-state index is -0.906. The number of ketones is 1. The van der Waals surface area contributed by atoms with Crippen LogP contribution in [0, 0.1) is 13.8 Å². The van der Waals surface area contributed by atoms with Crippen LogP contribution in [0.3, 0.4) is 0 Å². The van der Waals surface area contributed by atoms with Gasteiger partial charge in [0.2, 0.25) is 0 Å². The molecule has 5 rings (SSSR count). The Morgan fingerprint density at radius 2 is 1.76 bits per heavy atom. The van der Waals surface area contributed by atoms with Crippen molar-refractivity contribution in [3.63, 3.8) is 0 Å². The molecule has 0 radical (unpaired) electrons. The van der Waals surface area contributed by atoms with Crippen LogP contribution in [-0.4, -0.2) is 43.0 Å². The molecule has 0 spiro atoms. The third-order valence-electron chi connectivity index (χ3n) is 6.56. The van der Waals surface area contributed by atoms with E-state index in [-0.39, 0.29) is 27.7 Å². The van der Waals surface area contributed by atoms with Crippen molar-refractivity contribution < 1.29 is 19.4 Å². The Labute approximate surface area is 229 Å². The average molecular weight is 548 g/mol. The lowest BCUT2D eigenvalue weighted by molar-refractivity contribution is -0.132. The number of fused-ring (bicyclic) bond motifs is 1. The second-order valence-electron chi connectivity index (χ2n) is 9.45. The number of halogens is 1. The van der Waals surface area contributed by atoms with Gasteiger partial charge in [0, 0.05) is 19.8 Å². The van der Waals surface area contributed by atoms with Gasteiger partial charge >= 0.3 is 5.91 Å². The van der Waals surface area contributed by atoms with E-state index in [1.807, 2.05) is 75.3 Å². The summed E-state index contributed by atoms with van der Waals surface area (Å²) in [6.07, 6.45) is 0. The second kappa shape index (κ2) is 9.78. The Hall–Kier alpha value is -3.88. The standard InChI is InChI=1S/C29H26ClN3O4S/c1-15-6-11-21-22(14-15)38-29(31-21)33-24(17-7-9-18(10-8-17)32(3)4)23(26(35)28(33)36)25(34)19-12-16(2)13-20(30)27(19)37-5/h6-14,24,34H,1-5H3/b25-23+. The van der Waals surface area contributed by atoms with E-state index in [1.54, 1.807) is 12.1 Å². The first-order valence-electron chi connectivity index (χ1n) is 11.9. The molecule has 0 aliphatic carbocycles. The van der Waals surface area contributed by atoms with Crippen LogP contribution in [0.5, 0.6) is 5.75 Å². The number of aliphatic hydroxyl groups is 1. The fourth-order valence-electron chi connectivity index (χ4n) is 4.68. The minimum absolute atomic E-state index is 0.0528. The summed E-state index contributed by atoms with van der Waals surface area (Å²) >= 11 is 7.73. The van der Waals surface area contributed by atoms with E-state index in [2.05, 4.69) is 4.98 Å². The Morgan fingerprint density at radius 3 is 2.42 bits per heavy atom. The van der Waals surface area contributed by atoms with E-state index in [0.29, 0.717) is 10.7 Å². The largest absolute Gasteiger partial charge is 0.507 e. The molecule has 1 saturated heterocycles. The van der Waals surface area contributed by atoms with Crippen molar-refractivity contribution in [1.29, 1.82) is 0 Å². The summed E-state index contributed by atoms with van der Waals surface area (Å²) in [4.78, 5) is 35.2. The number of hydrogen-bond donors (Lipinski definition) is 1. The van der Waals surface area contributed by atoms with Crippen LogP contribution < -0.4 is 14.5 Å². The molecule has 4 aromatic rings. The van der Waals surface area contributed by atoms with Gasteiger partial charge in [-0.15, -0.1) is 0 Å². The van der Waals surface area contributed by atoms with Gasteiger partial charge in [-0.25, -0.2) is 4.98 Å². The number of thiazole rings is 1. The summed E-state index contributed by atoms with van der Waals surface area (Å²) in [5.41, 5.74) is 4.35. The number of aliphatic hydroxyl groups excluding tert-OH is 1. The molecule has 0 bridgehead atoms. The molecule has 1 aliphatic rings. The molecule has 1 amide bonds. The van der Waals surface area contributed by atoms with Gasteiger partial charge in [0.05, 0.1) is 39.5 Å². The molecule has 9 heteroatoms. The normalized spacial score (nSPS) is 16.9. The third-order valence-corrected chi connectivity index (χ3v) is 7.85. The molecule has 1 aromatic heterocycles. The topological polar surface area (TPSA) is 83.0 Å². The predicted octanol–water partition coefficient (Wildman–Crippen LogP) is 6.27. The highest BCUT2D eigenvalue weighted by molar-refractivity contribution is 7.22. The molecular weight excluding hydrogens is 522 g/mol. The van der Waals surface area contributed by atoms with Crippen LogP contribution >= 0.6 is 22.9 Å². The average Bonchev–Trinajstić information content (AvgIpc) is 3.40. The fraction of sp³-hybridized carbons (Fsp3) is 0.207. The lowest BCUT2D eigenvalue weighted by Crippen LogP contribution is -2.29. The van der Waals surface area contributed by atoms with E-state index < -0.39 is 17.7 Å². The van der Waals surface area contributed by atoms with Gasteiger partial charge in [0.15, 0.2) is 5.13 Å². The number of nitrogens with zero attached hydrogens (tertiary/aromatic N) is 3. The van der Waals surface area contributed by atoms with Crippen LogP contribution in [0.15, 0.2) is 60.2 Å². The zero-order chi connectivity index (χ0) is 27.3. The maximum absolute atomic E-state index is 13.6. The highest BCUT2D eigenvalue weighted by Gasteiger charge is 2.48. The van der Waals surface area contributed by atoms with Crippen LogP contribution in [0.25, 0.3) is 16.0 Å². The maximum Gasteiger partial charge on any atom is 0.301 e. The first-order valence-corrected chi connectivity index (χ1v) is 13.1. The number of benzene rings is 3. The zero-order valence-electron chi connectivity index (χ0n) is 21.6. The van der Waals surface area contributed by atoms with Gasteiger partial charge in [0.25, 0.3) is 5.78 Å². The van der Waals surface area contributed by atoms with Gasteiger partial charge in [0.1, 0.15) is 11.5 Å². The first-order chi connectivity index (χ1) is 18.1. The van der Waals surface area contributed by atoms with E-state index in [1.165, 1.54) is 23.3 Å². The van der Waals surface area contributed by atoms with Crippen molar-refractivity contribution in [3.05, 3.63) is 87.4 Å². The molecule has 1 atom stereocenters. The molecule has 38 heavy (non-hydrogen) atoms. The lowest BCUT2D eigenvalue weighted by Gasteiger charge is -2.24. The number of anilines is 2.